The molecule has 0 spiro atoms. The Morgan fingerprint density at radius 2 is 1.77 bits per heavy atom. The van der Waals surface area contributed by atoms with Crippen molar-refractivity contribution in [1.29, 1.82) is 0 Å². The van der Waals surface area contributed by atoms with E-state index >= 15 is 0 Å². The zero-order chi connectivity index (χ0) is 21.5. The SMILES string of the molecule is Cc1c(F)cc(C(N)=O)cc1NC(=O)/C=C/c1ccc(OCc2ccccc2)cc1. The molecule has 30 heavy (non-hydrogen) atoms. The van der Waals surface area contributed by atoms with E-state index in [1.807, 2.05) is 54.6 Å². The Kier molecular flexibility index (Phi) is 6.60. The number of nitrogens with one attached hydrogen (secondary N) is 1. The molecule has 0 unspecified atom stereocenters. The van der Waals surface area contributed by atoms with Crippen LogP contribution in [0, 0.1) is 12.7 Å². The van der Waals surface area contributed by atoms with E-state index in [-0.39, 0.29) is 16.8 Å². The first-order valence-electron chi connectivity index (χ1n) is 9.28. The molecular formula is C24H21FN2O3. The molecule has 3 rings (SSSR count). The highest BCUT2D eigenvalue weighted by molar-refractivity contribution is 6.03. The van der Waals surface area contributed by atoms with E-state index in [1.54, 1.807) is 6.08 Å². The molecule has 0 aliphatic rings. The molecule has 3 N–H and O–H groups in total. The minimum absolute atomic E-state index is 0.0107. The second-order valence-corrected chi connectivity index (χ2v) is 6.66. The maximum atomic E-state index is 13.9. The summed E-state index contributed by atoms with van der Waals surface area (Å²) in [5.41, 5.74) is 7.47. The van der Waals surface area contributed by atoms with E-state index in [1.165, 1.54) is 19.1 Å². The summed E-state index contributed by atoms with van der Waals surface area (Å²) in [6.07, 6.45) is 2.95. The molecule has 0 heterocycles. The van der Waals surface area contributed by atoms with Crippen molar-refractivity contribution < 1.29 is 18.7 Å². The Morgan fingerprint density at radius 1 is 1.07 bits per heavy atom. The molecule has 5 nitrogen and oxygen atoms in total. The number of carbonyl (C=O) groups is 2. The molecule has 0 saturated heterocycles. The van der Waals surface area contributed by atoms with E-state index in [2.05, 4.69) is 5.32 Å². The largest absolute Gasteiger partial charge is 0.489 e. The van der Waals surface area contributed by atoms with Crippen LogP contribution in [0.15, 0.2) is 72.8 Å². The van der Waals surface area contributed by atoms with Crippen LogP contribution >= 0.6 is 0 Å². The third kappa shape index (κ3) is 5.54. The van der Waals surface area contributed by atoms with E-state index in [0.717, 1.165) is 22.9 Å². The van der Waals surface area contributed by atoms with Crippen LogP contribution in [0.2, 0.25) is 0 Å². The molecule has 0 atom stereocenters. The fourth-order valence-electron chi connectivity index (χ4n) is 2.71. The number of hydrogen-bond acceptors (Lipinski definition) is 3. The number of halogens is 1. The highest BCUT2D eigenvalue weighted by Gasteiger charge is 2.11. The van der Waals surface area contributed by atoms with Gasteiger partial charge in [0.15, 0.2) is 0 Å². The van der Waals surface area contributed by atoms with Crippen LogP contribution in [0.25, 0.3) is 6.08 Å². The van der Waals surface area contributed by atoms with E-state index in [4.69, 9.17) is 10.5 Å². The monoisotopic (exact) mass is 404 g/mol. The Morgan fingerprint density at radius 3 is 2.43 bits per heavy atom. The number of carbonyl (C=O) groups excluding carboxylic acids is 2. The van der Waals surface area contributed by atoms with Gasteiger partial charge in [0.1, 0.15) is 18.2 Å². The second kappa shape index (κ2) is 9.52. The standard InChI is InChI=1S/C24H21FN2O3/c1-16-21(25)13-19(24(26)29)14-22(16)27-23(28)12-9-17-7-10-20(11-8-17)30-15-18-5-3-2-4-6-18/h2-14H,15H2,1H3,(H2,26,29)(H,27,28)/b12-9+. The lowest BCUT2D eigenvalue weighted by atomic mass is 10.1. The van der Waals surface area contributed by atoms with Crippen molar-refractivity contribution in [2.45, 2.75) is 13.5 Å². The van der Waals surface area contributed by atoms with Gasteiger partial charge in [0.05, 0.1) is 0 Å². The van der Waals surface area contributed by atoms with Crippen LogP contribution in [-0.2, 0) is 11.4 Å². The van der Waals surface area contributed by atoms with Gasteiger partial charge in [0.25, 0.3) is 0 Å². The summed E-state index contributed by atoms with van der Waals surface area (Å²) in [4.78, 5) is 23.5. The fourth-order valence-corrected chi connectivity index (χ4v) is 2.71. The predicted octanol–water partition coefficient (Wildman–Crippen LogP) is 4.46. The Balaban J connectivity index is 1.60. The topological polar surface area (TPSA) is 81.4 Å². The molecule has 0 aromatic heterocycles. The van der Waals surface area contributed by atoms with Crippen molar-refractivity contribution >= 4 is 23.6 Å². The van der Waals surface area contributed by atoms with Crippen molar-refractivity contribution in [3.63, 3.8) is 0 Å². The minimum atomic E-state index is -0.769. The lowest BCUT2D eigenvalue weighted by Crippen LogP contribution is -2.15. The van der Waals surface area contributed by atoms with Gasteiger partial charge in [-0.2, -0.15) is 0 Å². The van der Waals surface area contributed by atoms with Crippen molar-refractivity contribution in [2.24, 2.45) is 5.73 Å². The zero-order valence-corrected chi connectivity index (χ0v) is 16.4. The Labute approximate surface area is 174 Å². The summed E-state index contributed by atoms with van der Waals surface area (Å²) in [5, 5.41) is 2.57. The third-order valence-corrected chi connectivity index (χ3v) is 4.44. The number of primary amides is 1. The molecule has 0 aliphatic heterocycles. The normalized spacial score (nSPS) is 10.7. The zero-order valence-electron chi connectivity index (χ0n) is 16.4. The van der Waals surface area contributed by atoms with Gasteiger partial charge < -0.3 is 15.8 Å². The van der Waals surface area contributed by atoms with Crippen molar-refractivity contribution in [3.8, 4) is 5.75 Å². The fraction of sp³-hybridized carbons (Fsp3) is 0.0833. The van der Waals surface area contributed by atoms with Crippen LogP contribution in [-0.4, -0.2) is 11.8 Å². The average Bonchev–Trinajstić information content (AvgIpc) is 2.75. The summed E-state index contributed by atoms with van der Waals surface area (Å²) in [7, 11) is 0. The first-order chi connectivity index (χ1) is 14.4. The van der Waals surface area contributed by atoms with Crippen molar-refractivity contribution in [1.82, 2.24) is 0 Å². The summed E-state index contributed by atoms with van der Waals surface area (Å²) >= 11 is 0. The number of benzene rings is 3. The van der Waals surface area contributed by atoms with Crippen LogP contribution in [0.1, 0.15) is 27.0 Å². The van der Waals surface area contributed by atoms with Crippen molar-refractivity contribution in [3.05, 3.63) is 101 Å². The molecule has 3 aromatic carbocycles. The van der Waals surface area contributed by atoms with E-state index in [9.17, 15) is 14.0 Å². The molecule has 6 heteroatoms. The Bertz CT molecular complexity index is 1080. The lowest BCUT2D eigenvalue weighted by molar-refractivity contribution is -0.111. The first-order valence-corrected chi connectivity index (χ1v) is 9.28. The maximum Gasteiger partial charge on any atom is 0.248 e. The minimum Gasteiger partial charge on any atom is -0.489 e. The maximum absolute atomic E-state index is 13.9. The summed E-state index contributed by atoms with van der Waals surface area (Å²) in [6.45, 7) is 1.98. The number of hydrogen-bond donors (Lipinski definition) is 2. The molecular weight excluding hydrogens is 383 g/mol. The van der Waals surface area contributed by atoms with Crippen LogP contribution in [0.4, 0.5) is 10.1 Å². The predicted molar refractivity (Wildman–Crippen MR) is 115 cm³/mol. The van der Waals surface area contributed by atoms with Gasteiger partial charge in [-0.15, -0.1) is 0 Å². The van der Waals surface area contributed by atoms with E-state index in [0.29, 0.717) is 6.61 Å². The number of amides is 2. The van der Waals surface area contributed by atoms with Crippen molar-refractivity contribution in [2.75, 3.05) is 5.32 Å². The van der Waals surface area contributed by atoms with E-state index < -0.39 is 17.6 Å². The first kappa shape index (κ1) is 20.8. The van der Waals surface area contributed by atoms with Gasteiger partial charge in [-0.25, -0.2) is 4.39 Å². The van der Waals surface area contributed by atoms with Gasteiger partial charge in [0, 0.05) is 22.9 Å². The molecule has 0 fully saturated rings. The van der Waals surface area contributed by atoms with Crippen LogP contribution in [0.3, 0.4) is 0 Å². The van der Waals surface area contributed by atoms with Crippen LogP contribution < -0.4 is 15.8 Å². The second-order valence-electron chi connectivity index (χ2n) is 6.66. The Hall–Kier alpha value is -3.93. The quantitative estimate of drug-likeness (QED) is 0.570. The number of nitrogens with two attached hydrogens (primary N) is 1. The van der Waals surface area contributed by atoms with Gasteiger partial charge in [-0.05, 0) is 48.4 Å². The summed E-state index contributed by atoms with van der Waals surface area (Å²) in [6, 6.07) is 19.5. The number of rotatable bonds is 7. The molecule has 0 saturated carbocycles. The van der Waals surface area contributed by atoms with Crippen LogP contribution in [0.5, 0.6) is 5.75 Å². The number of ether oxygens (including phenoxy) is 1. The van der Waals surface area contributed by atoms with Gasteiger partial charge in [-0.1, -0.05) is 42.5 Å². The molecule has 3 aromatic rings. The van der Waals surface area contributed by atoms with Gasteiger partial charge in [0.2, 0.25) is 11.8 Å². The lowest BCUT2D eigenvalue weighted by Gasteiger charge is -2.09. The summed E-state index contributed by atoms with van der Waals surface area (Å²) in [5.74, 6) is -1.12. The van der Waals surface area contributed by atoms with Gasteiger partial charge >= 0.3 is 0 Å². The molecule has 0 bridgehead atoms. The summed E-state index contributed by atoms with van der Waals surface area (Å²) < 4.78 is 19.7. The smallest absolute Gasteiger partial charge is 0.248 e. The third-order valence-electron chi connectivity index (χ3n) is 4.44. The molecule has 2 amide bonds. The molecule has 0 radical (unpaired) electrons. The molecule has 0 aliphatic carbocycles. The average molecular weight is 404 g/mol. The number of anilines is 1. The highest BCUT2D eigenvalue weighted by atomic mass is 19.1. The highest BCUT2D eigenvalue weighted by Crippen LogP contribution is 2.21. The van der Waals surface area contributed by atoms with Gasteiger partial charge in [-0.3, -0.25) is 9.59 Å². The molecule has 152 valence electrons.